The molecule has 1 aliphatic rings. The van der Waals surface area contributed by atoms with E-state index in [0.717, 1.165) is 29.2 Å². The highest BCUT2D eigenvalue weighted by Crippen LogP contribution is 2.19. The monoisotopic (exact) mass is 345 g/mol. The summed E-state index contributed by atoms with van der Waals surface area (Å²) in [6.45, 7) is 1.91. The molecule has 24 heavy (non-hydrogen) atoms. The van der Waals surface area contributed by atoms with Crippen LogP contribution in [0.15, 0.2) is 42.6 Å². The Morgan fingerprint density at radius 2 is 2.00 bits per heavy atom. The van der Waals surface area contributed by atoms with E-state index in [2.05, 4.69) is 15.6 Å². The van der Waals surface area contributed by atoms with Crippen LogP contribution in [-0.4, -0.2) is 24.1 Å². The molecule has 2 heterocycles. The van der Waals surface area contributed by atoms with Crippen molar-refractivity contribution in [2.75, 3.05) is 23.8 Å². The van der Waals surface area contributed by atoms with Crippen LogP contribution < -0.4 is 10.6 Å². The molecule has 0 radical (unpaired) electrons. The van der Waals surface area contributed by atoms with Gasteiger partial charge in [-0.15, -0.1) is 0 Å². The molecule has 6 heteroatoms. The second kappa shape index (κ2) is 8.13. The van der Waals surface area contributed by atoms with Gasteiger partial charge in [0.2, 0.25) is 5.91 Å². The fourth-order valence-electron chi connectivity index (χ4n) is 2.60. The van der Waals surface area contributed by atoms with Crippen molar-refractivity contribution in [3.63, 3.8) is 0 Å². The third kappa shape index (κ3) is 4.46. The van der Waals surface area contributed by atoms with Crippen molar-refractivity contribution in [2.45, 2.75) is 19.4 Å². The molecule has 2 aromatic rings. The van der Waals surface area contributed by atoms with Crippen molar-refractivity contribution in [1.82, 2.24) is 4.98 Å². The quantitative estimate of drug-likeness (QED) is 0.867. The molecule has 0 unspecified atom stereocenters. The van der Waals surface area contributed by atoms with E-state index in [4.69, 9.17) is 16.3 Å². The van der Waals surface area contributed by atoms with Crippen LogP contribution in [-0.2, 0) is 16.1 Å². The number of pyridine rings is 1. The van der Waals surface area contributed by atoms with E-state index in [1.807, 2.05) is 36.4 Å². The minimum absolute atomic E-state index is 0.0248. The van der Waals surface area contributed by atoms with Gasteiger partial charge in [-0.05, 0) is 36.6 Å². The van der Waals surface area contributed by atoms with Gasteiger partial charge in [0.05, 0.1) is 11.9 Å². The van der Waals surface area contributed by atoms with Crippen LogP contribution >= 0.6 is 11.6 Å². The molecule has 0 aliphatic carbocycles. The number of hydrogen-bond acceptors (Lipinski definition) is 4. The second-order valence-corrected chi connectivity index (χ2v) is 6.16. The Kier molecular flexibility index (Phi) is 5.67. The molecule has 1 amide bonds. The van der Waals surface area contributed by atoms with E-state index in [0.29, 0.717) is 25.4 Å². The van der Waals surface area contributed by atoms with E-state index >= 15 is 0 Å². The van der Waals surface area contributed by atoms with Gasteiger partial charge in [-0.3, -0.25) is 4.79 Å². The van der Waals surface area contributed by atoms with Crippen LogP contribution in [0.1, 0.15) is 18.4 Å². The molecule has 0 atom stereocenters. The number of ether oxygens (including phenoxy) is 1. The maximum absolute atomic E-state index is 12.2. The number of carbonyl (C=O) groups is 1. The number of halogens is 1. The minimum atomic E-state index is 0.0248. The fourth-order valence-corrected chi connectivity index (χ4v) is 2.81. The van der Waals surface area contributed by atoms with Gasteiger partial charge in [0.1, 0.15) is 5.82 Å². The Hall–Kier alpha value is -2.11. The highest BCUT2D eigenvalue weighted by atomic mass is 35.5. The van der Waals surface area contributed by atoms with Crippen molar-refractivity contribution < 1.29 is 9.53 Å². The average molecular weight is 346 g/mol. The van der Waals surface area contributed by atoms with Gasteiger partial charge in [-0.1, -0.05) is 29.8 Å². The Labute approximate surface area is 146 Å². The topological polar surface area (TPSA) is 63.2 Å². The summed E-state index contributed by atoms with van der Waals surface area (Å²) in [5.41, 5.74) is 1.72. The molecule has 0 bridgehead atoms. The Bertz CT molecular complexity index is 685. The molecule has 1 aromatic heterocycles. The molecular weight excluding hydrogens is 326 g/mol. The number of rotatable bonds is 5. The van der Waals surface area contributed by atoms with Crippen LogP contribution in [0.3, 0.4) is 0 Å². The molecule has 1 fully saturated rings. The standard InChI is InChI=1S/C18H20ClN3O2/c19-16-4-2-1-3-14(16)11-20-17-6-5-15(12-21-17)22-18(23)13-7-9-24-10-8-13/h1-6,12-13H,7-11H2,(H,20,21)(H,22,23). The van der Waals surface area contributed by atoms with Crippen LogP contribution in [0.2, 0.25) is 5.02 Å². The molecule has 1 saturated heterocycles. The average Bonchev–Trinajstić information content (AvgIpc) is 2.63. The maximum Gasteiger partial charge on any atom is 0.227 e. The number of amides is 1. The van der Waals surface area contributed by atoms with Crippen LogP contribution in [0.5, 0.6) is 0 Å². The van der Waals surface area contributed by atoms with Gasteiger partial charge in [-0.2, -0.15) is 0 Å². The number of aromatic nitrogens is 1. The zero-order valence-corrected chi connectivity index (χ0v) is 14.1. The van der Waals surface area contributed by atoms with Gasteiger partial charge in [0, 0.05) is 30.7 Å². The fraction of sp³-hybridized carbons (Fsp3) is 0.333. The Morgan fingerprint density at radius 1 is 1.21 bits per heavy atom. The van der Waals surface area contributed by atoms with Crippen molar-refractivity contribution in [3.8, 4) is 0 Å². The summed E-state index contributed by atoms with van der Waals surface area (Å²) in [5.74, 6) is 0.799. The highest BCUT2D eigenvalue weighted by Gasteiger charge is 2.21. The summed E-state index contributed by atoms with van der Waals surface area (Å²) < 4.78 is 5.28. The predicted molar refractivity (Wildman–Crippen MR) is 95.2 cm³/mol. The zero-order valence-electron chi connectivity index (χ0n) is 13.3. The van der Waals surface area contributed by atoms with Gasteiger partial charge in [0.25, 0.3) is 0 Å². The van der Waals surface area contributed by atoms with Crippen molar-refractivity contribution in [2.24, 2.45) is 5.92 Å². The summed E-state index contributed by atoms with van der Waals surface area (Å²) >= 11 is 6.13. The first-order valence-electron chi connectivity index (χ1n) is 8.04. The summed E-state index contributed by atoms with van der Waals surface area (Å²) in [7, 11) is 0. The lowest BCUT2D eigenvalue weighted by molar-refractivity contribution is -0.122. The molecule has 3 rings (SSSR count). The largest absolute Gasteiger partial charge is 0.381 e. The van der Waals surface area contributed by atoms with Crippen LogP contribution in [0.25, 0.3) is 0 Å². The molecule has 5 nitrogen and oxygen atoms in total. The normalized spacial score (nSPS) is 15.0. The SMILES string of the molecule is O=C(Nc1ccc(NCc2ccccc2Cl)nc1)C1CCOCC1. The summed E-state index contributed by atoms with van der Waals surface area (Å²) in [4.78, 5) is 16.5. The molecule has 0 saturated carbocycles. The number of nitrogens with one attached hydrogen (secondary N) is 2. The highest BCUT2D eigenvalue weighted by molar-refractivity contribution is 6.31. The number of benzene rings is 1. The second-order valence-electron chi connectivity index (χ2n) is 5.75. The van der Waals surface area contributed by atoms with E-state index in [9.17, 15) is 4.79 Å². The van der Waals surface area contributed by atoms with E-state index in [1.54, 1.807) is 6.20 Å². The third-order valence-corrected chi connectivity index (χ3v) is 4.41. The van der Waals surface area contributed by atoms with E-state index < -0.39 is 0 Å². The Morgan fingerprint density at radius 3 is 2.71 bits per heavy atom. The first-order chi connectivity index (χ1) is 11.7. The lowest BCUT2D eigenvalue weighted by Crippen LogP contribution is -2.28. The number of nitrogens with zero attached hydrogens (tertiary/aromatic N) is 1. The van der Waals surface area contributed by atoms with Crippen molar-refractivity contribution >= 4 is 29.0 Å². The van der Waals surface area contributed by atoms with E-state index in [-0.39, 0.29) is 11.8 Å². The number of carbonyl (C=O) groups excluding carboxylic acids is 1. The van der Waals surface area contributed by atoms with Crippen molar-refractivity contribution in [1.29, 1.82) is 0 Å². The summed E-state index contributed by atoms with van der Waals surface area (Å²) in [6, 6.07) is 11.4. The van der Waals surface area contributed by atoms with Gasteiger partial charge in [-0.25, -0.2) is 4.98 Å². The molecule has 126 valence electrons. The van der Waals surface area contributed by atoms with Crippen LogP contribution in [0, 0.1) is 5.92 Å². The molecule has 1 aliphatic heterocycles. The van der Waals surface area contributed by atoms with Crippen molar-refractivity contribution in [3.05, 3.63) is 53.2 Å². The predicted octanol–water partition coefficient (Wildman–Crippen LogP) is 3.71. The summed E-state index contributed by atoms with van der Waals surface area (Å²) in [5, 5.41) is 6.86. The Balaban J connectivity index is 1.53. The maximum atomic E-state index is 12.2. The minimum Gasteiger partial charge on any atom is -0.381 e. The van der Waals surface area contributed by atoms with Gasteiger partial charge in [0.15, 0.2) is 0 Å². The summed E-state index contributed by atoms with van der Waals surface area (Å²) in [6.07, 6.45) is 3.21. The molecule has 1 aromatic carbocycles. The zero-order chi connectivity index (χ0) is 16.8. The van der Waals surface area contributed by atoms with E-state index in [1.165, 1.54) is 0 Å². The first kappa shape index (κ1) is 16.7. The smallest absolute Gasteiger partial charge is 0.227 e. The molecule has 2 N–H and O–H groups in total. The van der Waals surface area contributed by atoms with Crippen LogP contribution in [0.4, 0.5) is 11.5 Å². The number of anilines is 2. The first-order valence-corrected chi connectivity index (χ1v) is 8.42. The van der Waals surface area contributed by atoms with Gasteiger partial charge < -0.3 is 15.4 Å². The number of hydrogen-bond donors (Lipinski definition) is 2. The lowest BCUT2D eigenvalue weighted by atomic mass is 9.99. The molecular formula is C18H20ClN3O2. The third-order valence-electron chi connectivity index (χ3n) is 4.04. The van der Waals surface area contributed by atoms with Gasteiger partial charge >= 0.3 is 0 Å². The lowest BCUT2D eigenvalue weighted by Gasteiger charge is -2.21. The molecule has 0 spiro atoms.